The normalized spacial score (nSPS) is 43.7. The number of ether oxygens (including phenoxy) is 8. The average Bonchev–Trinajstić information content (AvgIpc) is 3.23. The van der Waals surface area contributed by atoms with Crippen LogP contribution in [0.2, 0.25) is 0 Å². The summed E-state index contributed by atoms with van der Waals surface area (Å²) in [5.74, 6) is 0. The zero-order valence-corrected chi connectivity index (χ0v) is 31.5. The van der Waals surface area contributed by atoms with E-state index in [4.69, 9.17) is 37.9 Å². The van der Waals surface area contributed by atoms with Gasteiger partial charge in [-0.3, -0.25) is 0 Å². The van der Waals surface area contributed by atoms with Crippen molar-refractivity contribution < 1.29 is 109 Å². The summed E-state index contributed by atoms with van der Waals surface area (Å²) in [5.41, 5.74) is 1.94. The maximum absolute atomic E-state index is 10.8. The van der Waals surface area contributed by atoms with E-state index in [9.17, 15) is 71.5 Å². The molecule has 0 spiro atoms. The molecule has 4 fully saturated rings. The monoisotopic (exact) mass is 842 g/mol. The Morgan fingerprint density at radius 1 is 0.379 bits per heavy atom. The minimum atomic E-state index is -1.77. The van der Waals surface area contributed by atoms with Crippen LogP contribution in [0.25, 0.3) is 0 Å². The van der Waals surface area contributed by atoms with Crippen molar-refractivity contribution in [2.24, 2.45) is 0 Å². The van der Waals surface area contributed by atoms with E-state index in [2.05, 4.69) is 0 Å². The van der Waals surface area contributed by atoms with Gasteiger partial charge < -0.3 is 109 Å². The summed E-state index contributed by atoms with van der Waals surface area (Å²) in [6.07, 6.45) is -28.6. The van der Waals surface area contributed by atoms with E-state index in [1.54, 1.807) is 0 Å². The standard InChI is InChI=1S/C36H58O22/c37-11-17-21(41)23(43)27(47)35(53-17)57-31-19(13-39)55-33(29(49)25(31)45)51-9-1-3-15-5-7-16(8-6-15)4-2-10-52-34-30(50)26(46)32(20(14-40)56-34)58-36-28(48)24(44)22(42)18(12-38)54-36/h5-8,17-50H,1-4,9-14H2/t17-,18-,19-,20-,21+,22+,23+,24+,25-,26-,27-,28-,29-,30-,31-,32-,33-,34-,35+,36+/m1/s1. The molecule has 4 saturated heterocycles. The molecule has 22 nitrogen and oxygen atoms in total. The fourth-order valence-corrected chi connectivity index (χ4v) is 7.21. The maximum Gasteiger partial charge on any atom is 0.187 e. The summed E-state index contributed by atoms with van der Waals surface area (Å²) >= 11 is 0. The van der Waals surface area contributed by atoms with Crippen LogP contribution >= 0.6 is 0 Å². The molecule has 4 aliphatic heterocycles. The van der Waals surface area contributed by atoms with Gasteiger partial charge in [0.15, 0.2) is 25.2 Å². The highest BCUT2D eigenvalue weighted by molar-refractivity contribution is 5.22. The third-order valence-electron chi connectivity index (χ3n) is 10.7. The minimum absolute atomic E-state index is 0.103. The van der Waals surface area contributed by atoms with Crippen molar-refractivity contribution >= 4 is 0 Å². The van der Waals surface area contributed by atoms with Crippen molar-refractivity contribution in [2.75, 3.05) is 39.6 Å². The highest BCUT2D eigenvalue weighted by Gasteiger charge is 2.52. The fraction of sp³-hybridized carbons (Fsp3) is 0.833. The number of aliphatic hydroxyl groups excluding tert-OH is 14. The maximum atomic E-state index is 10.8. The van der Waals surface area contributed by atoms with Gasteiger partial charge in [0.25, 0.3) is 0 Å². The molecule has 5 rings (SSSR count). The predicted molar refractivity (Wildman–Crippen MR) is 188 cm³/mol. The summed E-state index contributed by atoms with van der Waals surface area (Å²) in [7, 11) is 0. The molecule has 14 N–H and O–H groups in total. The van der Waals surface area contributed by atoms with Crippen LogP contribution in [0.1, 0.15) is 24.0 Å². The van der Waals surface area contributed by atoms with E-state index in [0.717, 1.165) is 11.1 Å². The number of aryl methyl sites for hydroxylation is 2. The molecule has 0 aromatic heterocycles. The van der Waals surface area contributed by atoms with Crippen LogP contribution in [0.4, 0.5) is 0 Å². The zero-order valence-electron chi connectivity index (χ0n) is 31.5. The smallest absolute Gasteiger partial charge is 0.187 e. The van der Waals surface area contributed by atoms with Crippen molar-refractivity contribution in [1.29, 1.82) is 0 Å². The third-order valence-corrected chi connectivity index (χ3v) is 10.7. The van der Waals surface area contributed by atoms with Gasteiger partial charge in [0.05, 0.1) is 39.6 Å². The predicted octanol–water partition coefficient (Wildman–Crippen LogP) is -7.17. The van der Waals surface area contributed by atoms with Gasteiger partial charge in [0.2, 0.25) is 0 Å². The first kappa shape index (κ1) is 47.4. The summed E-state index contributed by atoms with van der Waals surface area (Å²) in [4.78, 5) is 0. The lowest BCUT2D eigenvalue weighted by molar-refractivity contribution is -0.359. The van der Waals surface area contributed by atoms with Crippen LogP contribution in [-0.4, -0.2) is 234 Å². The molecule has 4 aliphatic rings. The van der Waals surface area contributed by atoms with Gasteiger partial charge in [-0.05, 0) is 36.8 Å². The van der Waals surface area contributed by atoms with Crippen molar-refractivity contribution in [3.05, 3.63) is 35.4 Å². The number of hydrogen-bond acceptors (Lipinski definition) is 22. The second-order valence-corrected chi connectivity index (χ2v) is 14.8. The second kappa shape index (κ2) is 21.9. The fourth-order valence-electron chi connectivity index (χ4n) is 7.21. The third kappa shape index (κ3) is 11.0. The van der Waals surface area contributed by atoms with E-state index in [-0.39, 0.29) is 13.2 Å². The Kier molecular flexibility index (Phi) is 17.9. The van der Waals surface area contributed by atoms with Crippen molar-refractivity contribution in [2.45, 2.75) is 149 Å². The molecule has 0 saturated carbocycles. The molecule has 22 heteroatoms. The van der Waals surface area contributed by atoms with Crippen LogP contribution in [0, 0.1) is 0 Å². The SMILES string of the molecule is OC[C@H]1O[C@@H](O[C@H]2[C@H](O)[C@@H](O)[C@H](OCCCc3ccc(CCCO[C@@H]4O[C@H](CO)[C@@H](O[C@@H]5O[C@H](CO)[C@H](O)[C@H](O)[C@H]5O)[C@H](O)[C@H]4O)cc3)O[C@@H]2CO)[C@H](O)[C@@H](O)[C@H]1O. The lowest BCUT2D eigenvalue weighted by Crippen LogP contribution is -2.64. The van der Waals surface area contributed by atoms with Crippen LogP contribution < -0.4 is 0 Å². The topological polar surface area (TPSA) is 357 Å². The molecule has 0 unspecified atom stereocenters. The largest absolute Gasteiger partial charge is 0.394 e. The van der Waals surface area contributed by atoms with Crippen LogP contribution in [0.3, 0.4) is 0 Å². The molecule has 0 radical (unpaired) electrons. The zero-order chi connectivity index (χ0) is 42.3. The lowest BCUT2D eigenvalue weighted by atomic mass is 9.97. The Hall–Kier alpha value is -1.66. The van der Waals surface area contributed by atoms with E-state index < -0.39 is 149 Å². The molecule has 20 atom stereocenters. The number of hydrogen-bond donors (Lipinski definition) is 14. The lowest BCUT2D eigenvalue weighted by Gasteiger charge is -2.45. The number of rotatable bonds is 18. The van der Waals surface area contributed by atoms with E-state index >= 15 is 0 Å². The molecular formula is C36H58O22. The number of aliphatic hydroxyl groups is 14. The summed E-state index contributed by atoms with van der Waals surface area (Å²) in [5, 5.41) is 142. The first-order valence-corrected chi connectivity index (χ1v) is 19.2. The first-order valence-electron chi connectivity index (χ1n) is 19.2. The minimum Gasteiger partial charge on any atom is -0.394 e. The Bertz CT molecular complexity index is 1240. The van der Waals surface area contributed by atoms with Crippen LogP contribution in [0.15, 0.2) is 24.3 Å². The van der Waals surface area contributed by atoms with Gasteiger partial charge >= 0.3 is 0 Å². The van der Waals surface area contributed by atoms with Crippen molar-refractivity contribution in [3.8, 4) is 0 Å². The molecule has 0 aliphatic carbocycles. The van der Waals surface area contributed by atoms with Gasteiger partial charge in [-0.25, -0.2) is 0 Å². The highest BCUT2D eigenvalue weighted by atomic mass is 16.8. The molecule has 58 heavy (non-hydrogen) atoms. The Labute approximate surface area is 332 Å². The summed E-state index contributed by atoms with van der Waals surface area (Å²) in [6, 6.07) is 7.67. The highest BCUT2D eigenvalue weighted by Crippen LogP contribution is 2.31. The Morgan fingerprint density at radius 2 is 0.690 bits per heavy atom. The number of benzene rings is 1. The Balaban J connectivity index is 1.01. The molecule has 334 valence electrons. The van der Waals surface area contributed by atoms with E-state index in [1.807, 2.05) is 24.3 Å². The second-order valence-electron chi connectivity index (χ2n) is 14.8. The summed E-state index contributed by atoms with van der Waals surface area (Å²) < 4.78 is 44.3. The van der Waals surface area contributed by atoms with Crippen LogP contribution in [-0.2, 0) is 50.7 Å². The van der Waals surface area contributed by atoms with Crippen molar-refractivity contribution in [3.63, 3.8) is 0 Å². The van der Waals surface area contributed by atoms with Gasteiger partial charge in [-0.1, -0.05) is 24.3 Å². The van der Waals surface area contributed by atoms with Crippen molar-refractivity contribution in [1.82, 2.24) is 0 Å². The Morgan fingerprint density at radius 3 is 1.02 bits per heavy atom. The molecule has 0 amide bonds. The molecule has 1 aromatic carbocycles. The quantitative estimate of drug-likeness (QED) is 0.0611. The first-order chi connectivity index (χ1) is 27.7. The average molecular weight is 843 g/mol. The van der Waals surface area contributed by atoms with E-state index in [1.165, 1.54) is 0 Å². The van der Waals surface area contributed by atoms with E-state index in [0.29, 0.717) is 25.7 Å². The van der Waals surface area contributed by atoms with Gasteiger partial charge in [0.1, 0.15) is 97.7 Å². The molecular weight excluding hydrogens is 784 g/mol. The van der Waals surface area contributed by atoms with Gasteiger partial charge in [-0.15, -0.1) is 0 Å². The molecule has 1 aromatic rings. The molecule has 4 heterocycles. The van der Waals surface area contributed by atoms with Crippen LogP contribution in [0.5, 0.6) is 0 Å². The molecule has 0 bridgehead atoms. The van der Waals surface area contributed by atoms with Gasteiger partial charge in [-0.2, -0.15) is 0 Å². The van der Waals surface area contributed by atoms with Gasteiger partial charge in [0, 0.05) is 0 Å². The summed E-state index contributed by atoms with van der Waals surface area (Å²) in [6.45, 7) is -2.56.